The quantitative estimate of drug-likeness (QED) is 0.532. The summed E-state index contributed by atoms with van der Waals surface area (Å²) in [5.74, 6) is 0.841. The van der Waals surface area contributed by atoms with Crippen molar-refractivity contribution in [3.05, 3.63) is 51.5 Å². The molecule has 0 bridgehead atoms. The van der Waals surface area contributed by atoms with Crippen molar-refractivity contribution >= 4 is 17.3 Å². The van der Waals surface area contributed by atoms with E-state index in [0.29, 0.717) is 13.2 Å². The largest absolute Gasteiger partial charge is 0.377 e. The van der Waals surface area contributed by atoms with E-state index in [1.54, 1.807) is 11.3 Å². The van der Waals surface area contributed by atoms with Gasteiger partial charge < -0.3 is 15.4 Å². The fraction of sp³-hybridized carbons (Fsp3) is 0.474. The zero-order valence-corrected chi connectivity index (χ0v) is 16.2. The van der Waals surface area contributed by atoms with Crippen LogP contribution in [0.5, 0.6) is 0 Å². The van der Waals surface area contributed by atoms with Gasteiger partial charge in [-0.3, -0.25) is 0 Å². The molecule has 0 saturated heterocycles. The Morgan fingerprint density at radius 1 is 1.16 bits per heavy atom. The molecular formula is C19H28N4OS. The van der Waals surface area contributed by atoms with E-state index >= 15 is 0 Å². The van der Waals surface area contributed by atoms with Crippen LogP contribution in [0.4, 0.5) is 0 Å². The first-order chi connectivity index (χ1) is 12.2. The maximum Gasteiger partial charge on any atom is 0.191 e. The number of aryl methyl sites for hydroxylation is 1. The molecule has 0 atom stereocenters. The second kappa shape index (κ2) is 10.8. The lowest BCUT2D eigenvalue weighted by Crippen LogP contribution is -2.38. The Balaban J connectivity index is 1.83. The number of thiazole rings is 1. The maximum absolute atomic E-state index is 5.42. The predicted octanol–water partition coefficient (Wildman–Crippen LogP) is 3.29. The highest BCUT2D eigenvalue weighted by atomic mass is 32.1. The summed E-state index contributed by atoms with van der Waals surface area (Å²) in [5.41, 5.74) is 3.52. The van der Waals surface area contributed by atoms with Gasteiger partial charge >= 0.3 is 0 Å². The number of aromatic nitrogens is 1. The van der Waals surface area contributed by atoms with Crippen LogP contribution in [-0.4, -0.2) is 30.6 Å². The molecule has 25 heavy (non-hydrogen) atoms. The standard InChI is InChI=1S/C19H28N4OS/c1-4-20-19(21-11-10-18-14-25-15(3)23-18)22-12-16-6-8-17(9-7-16)13-24-5-2/h6-9,14H,4-5,10-13H2,1-3H3,(H2,20,21,22). The van der Waals surface area contributed by atoms with Crippen LogP contribution < -0.4 is 10.6 Å². The summed E-state index contributed by atoms with van der Waals surface area (Å²) < 4.78 is 5.42. The van der Waals surface area contributed by atoms with Gasteiger partial charge in [0.15, 0.2) is 5.96 Å². The van der Waals surface area contributed by atoms with Crippen LogP contribution in [0.2, 0.25) is 0 Å². The topological polar surface area (TPSA) is 58.5 Å². The fourth-order valence-electron chi connectivity index (χ4n) is 2.30. The summed E-state index contributed by atoms with van der Waals surface area (Å²) in [6.07, 6.45) is 0.904. The normalized spacial score (nSPS) is 11.6. The van der Waals surface area contributed by atoms with Gasteiger partial charge in [-0.05, 0) is 31.9 Å². The third-order valence-corrected chi connectivity index (χ3v) is 4.42. The molecule has 0 radical (unpaired) electrons. The van der Waals surface area contributed by atoms with Crippen LogP contribution in [0, 0.1) is 6.92 Å². The summed E-state index contributed by atoms with van der Waals surface area (Å²) in [6, 6.07) is 8.43. The molecule has 2 aromatic rings. The Morgan fingerprint density at radius 3 is 2.56 bits per heavy atom. The van der Waals surface area contributed by atoms with Gasteiger partial charge in [-0.15, -0.1) is 11.3 Å². The lowest BCUT2D eigenvalue weighted by molar-refractivity contribution is 0.134. The average Bonchev–Trinajstić information content (AvgIpc) is 3.04. The minimum Gasteiger partial charge on any atom is -0.377 e. The number of ether oxygens (including phenoxy) is 1. The molecule has 2 rings (SSSR count). The molecule has 0 unspecified atom stereocenters. The van der Waals surface area contributed by atoms with Gasteiger partial charge in [0.25, 0.3) is 0 Å². The molecule has 0 amide bonds. The molecule has 5 nitrogen and oxygen atoms in total. The number of nitrogens with zero attached hydrogens (tertiary/aromatic N) is 2. The molecule has 1 aromatic carbocycles. The number of benzene rings is 1. The van der Waals surface area contributed by atoms with E-state index < -0.39 is 0 Å². The summed E-state index contributed by atoms with van der Waals surface area (Å²) in [7, 11) is 0. The molecule has 1 heterocycles. The minimum atomic E-state index is 0.653. The average molecular weight is 361 g/mol. The third kappa shape index (κ3) is 7.23. The molecule has 0 spiro atoms. The van der Waals surface area contributed by atoms with Crippen LogP contribution >= 0.6 is 11.3 Å². The van der Waals surface area contributed by atoms with Crippen molar-refractivity contribution in [2.75, 3.05) is 19.7 Å². The van der Waals surface area contributed by atoms with E-state index in [1.807, 2.05) is 13.8 Å². The van der Waals surface area contributed by atoms with E-state index in [-0.39, 0.29) is 0 Å². The highest BCUT2D eigenvalue weighted by Crippen LogP contribution is 2.08. The number of hydrogen-bond donors (Lipinski definition) is 2. The van der Waals surface area contributed by atoms with Crippen LogP contribution in [0.3, 0.4) is 0 Å². The number of aliphatic imine (C=N–C) groups is 1. The van der Waals surface area contributed by atoms with Crippen molar-refractivity contribution in [3.8, 4) is 0 Å². The third-order valence-electron chi connectivity index (χ3n) is 3.60. The Labute approximate surface area is 154 Å². The van der Waals surface area contributed by atoms with E-state index in [4.69, 9.17) is 4.74 Å². The summed E-state index contributed by atoms with van der Waals surface area (Å²) in [4.78, 5) is 9.14. The Morgan fingerprint density at radius 2 is 1.92 bits per heavy atom. The first-order valence-corrected chi connectivity index (χ1v) is 9.68. The minimum absolute atomic E-state index is 0.653. The molecule has 136 valence electrons. The Bertz CT molecular complexity index is 652. The van der Waals surface area contributed by atoms with Gasteiger partial charge in [0, 0.05) is 31.5 Å². The summed E-state index contributed by atoms with van der Waals surface area (Å²) in [5, 5.41) is 9.89. The van der Waals surface area contributed by atoms with Crippen molar-refractivity contribution in [1.29, 1.82) is 0 Å². The Hall–Kier alpha value is -1.92. The SMILES string of the molecule is CCNC(=NCc1ccc(COCC)cc1)NCCc1csc(C)n1. The zero-order valence-electron chi connectivity index (χ0n) is 15.3. The molecule has 0 aliphatic rings. The van der Waals surface area contributed by atoms with Crippen LogP contribution in [-0.2, 0) is 24.3 Å². The van der Waals surface area contributed by atoms with Crippen LogP contribution in [0.25, 0.3) is 0 Å². The van der Waals surface area contributed by atoms with Crippen molar-refractivity contribution in [2.45, 2.75) is 40.3 Å². The molecule has 6 heteroatoms. The van der Waals surface area contributed by atoms with Crippen molar-refractivity contribution < 1.29 is 4.74 Å². The number of rotatable bonds is 9. The van der Waals surface area contributed by atoms with Gasteiger partial charge in [-0.2, -0.15) is 0 Å². The van der Waals surface area contributed by atoms with Gasteiger partial charge in [0.2, 0.25) is 0 Å². The van der Waals surface area contributed by atoms with Crippen molar-refractivity contribution in [3.63, 3.8) is 0 Å². The van der Waals surface area contributed by atoms with Crippen molar-refractivity contribution in [2.24, 2.45) is 4.99 Å². The molecule has 0 fully saturated rings. The number of hydrogen-bond acceptors (Lipinski definition) is 4. The lowest BCUT2D eigenvalue weighted by atomic mass is 10.1. The van der Waals surface area contributed by atoms with Crippen LogP contribution in [0.1, 0.15) is 35.7 Å². The van der Waals surface area contributed by atoms with E-state index in [2.05, 4.69) is 57.2 Å². The smallest absolute Gasteiger partial charge is 0.191 e. The van der Waals surface area contributed by atoms with Crippen LogP contribution in [0.15, 0.2) is 34.6 Å². The van der Waals surface area contributed by atoms with E-state index in [1.165, 1.54) is 11.1 Å². The second-order valence-corrected chi connectivity index (χ2v) is 6.75. The lowest BCUT2D eigenvalue weighted by Gasteiger charge is -2.11. The highest BCUT2D eigenvalue weighted by Gasteiger charge is 2.01. The molecule has 1 aromatic heterocycles. The van der Waals surface area contributed by atoms with Crippen molar-refractivity contribution in [1.82, 2.24) is 15.6 Å². The second-order valence-electron chi connectivity index (χ2n) is 5.68. The van der Waals surface area contributed by atoms with E-state index in [9.17, 15) is 0 Å². The number of guanidine groups is 1. The van der Waals surface area contributed by atoms with Gasteiger partial charge in [-0.1, -0.05) is 24.3 Å². The first-order valence-electron chi connectivity index (χ1n) is 8.80. The first kappa shape index (κ1) is 19.4. The summed E-state index contributed by atoms with van der Waals surface area (Å²) in [6.45, 7) is 9.84. The fourth-order valence-corrected chi connectivity index (χ4v) is 2.95. The van der Waals surface area contributed by atoms with Gasteiger partial charge in [0.1, 0.15) is 0 Å². The molecule has 0 aliphatic heterocycles. The van der Waals surface area contributed by atoms with E-state index in [0.717, 1.165) is 42.8 Å². The Kier molecular flexibility index (Phi) is 8.42. The monoisotopic (exact) mass is 360 g/mol. The predicted molar refractivity (Wildman–Crippen MR) is 105 cm³/mol. The maximum atomic E-state index is 5.42. The zero-order chi connectivity index (χ0) is 17.9. The number of nitrogens with one attached hydrogen (secondary N) is 2. The summed E-state index contributed by atoms with van der Waals surface area (Å²) >= 11 is 1.69. The molecule has 2 N–H and O–H groups in total. The van der Waals surface area contributed by atoms with Gasteiger partial charge in [0.05, 0.1) is 23.9 Å². The highest BCUT2D eigenvalue weighted by molar-refractivity contribution is 7.09. The van der Waals surface area contributed by atoms with Gasteiger partial charge in [-0.25, -0.2) is 9.98 Å². The molecule has 0 saturated carbocycles. The molecule has 0 aliphatic carbocycles. The molecular weight excluding hydrogens is 332 g/mol.